The Bertz CT molecular complexity index is 392. The lowest BCUT2D eigenvalue weighted by atomic mass is 9.73. The molecular weight excluding hydrogens is 232 g/mol. The molecule has 1 fully saturated rings. The van der Waals surface area contributed by atoms with Gasteiger partial charge in [-0.25, -0.2) is 4.79 Å². The van der Waals surface area contributed by atoms with E-state index in [1.807, 2.05) is 13.8 Å². The molecule has 2 atom stereocenters. The van der Waals surface area contributed by atoms with Crippen LogP contribution in [0.2, 0.25) is 0 Å². The Kier molecular flexibility index (Phi) is 4.27. The normalized spacial score (nSPS) is 25.9. The number of urea groups is 1. The molecule has 1 rings (SSSR count). The summed E-state index contributed by atoms with van der Waals surface area (Å²) < 4.78 is 0. The maximum absolute atomic E-state index is 12.4. The van der Waals surface area contributed by atoms with Crippen LogP contribution >= 0.6 is 0 Å². The quantitative estimate of drug-likeness (QED) is 0.598. The third-order valence-corrected chi connectivity index (χ3v) is 3.65. The fourth-order valence-corrected chi connectivity index (χ4v) is 2.22. The summed E-state index contributed by atoms with van der Waals surface area (Å²) >= 11 is 0. The second-order valence-corrected chi connectivity index (χ2v) is 4.86. The van der Waals surface area contributed by atoms with Crippen LogP contribution in [0.15, 0.2) is 12.7 Å². The number of amides is 4. The van der Waals surface area contributed by atoms with Gasteiger partial charge in [0, 0.05) is 6.54 Å². The fraction of sp³-hybridized carbons (Fsp3) is 0.615. The van der Waals surface area contributed by atoms with Crippen molar-refractivity contribution >= 4 is 17.8 Å². The standard InChI is InChI=1S/C13H20N2O3/c1-5-7-9(3)13(4)10(16)14-12(18)15(8-6-2)11(13)17/h6,9H,2,5,7-8H2,1,3-4H3,(H,14,16,18). The van der Waals surface area contributed by atoms with Crippen molar-refractivity contribution < 1.29 is 14.4 Å². The lowest BCUT2D eigenvalue weighted by Gasteiger charge is -2.40. The van der Waals surface area contributed by atoms with Crippen LogP contribution in [-0.4, -0.2) is 29.3 Å². The maximum Gasteiger partial charge on any atom is 0.331 e. The highest BCUT2D eigenvalue weighted by Gasteiger charge is 2.52. The Balaban J connectivity index is 3.09. The lowest BCUT2D eigenvalue weighted by molar-refractivity contribution is -0.153. The van der Waals surface area contributed by atoms with Gasteiger partial charge in [-0.3, -0.25) is 19.8 Å². The number of nitrogens with zero attached hydrogens (tertiary/aromatic N) is 1. The summed E-state index contributed by atoms with van der Waals surface area (Å²) in [5.41, 5.74) is -1.17. The number of carbonyl (C=O) groups is 3. The van der Waals surface area contributed by atoms with Crippen molar-refractivity contribution in [2.24, 2.45) is 11.3 Å². The predicted octanol–water partition coefficient (Wildman–Crippen LogP) is 1.69. The number of barbiturate groups is 1. The van der Waals surface area contributed by atoms with Crippen molar-refractivity contribution in [3.8, 4) is 0 Å². The summed E-state index contributed by atoms with van der Waals surface area (Å²) in [6.45, 7) is 9.10. The second-order valence-electron chi connectivity index (χ2n) is 4.86. The molecule has 0 spiro atoms. The van der Waals surface area contributed by atoms with Crippen molar-refractivity contribution in [1.82, 2.24) is 10.2 Å². The third kappa shape index (κ3) is 2.17. The molecule has 0 bridgehead atoms. The molecule has 1 aliphatic heterocycles. The molecule has 0 aliphatic carbocycles. The third-order valence-electron chi connectivity index (χ3n) is 3.65. The van der Waals surface area contributed by atoms with Crippen LogP contribution in [0.1, 0.15) is 33.6 Å². The molecule has 1 N–H and O–H groups in total. The number of nitrogens with one attached hydrogen (secondary N) is 1. The van der Waals surface area contributed by atoms with Gasteiger partial charge >= 0.3 is 6.03 Å². The van der Waals surface area contributed by atoms with E-state index in [1.165, 1.54) is 6.08 Å². The van der Waals surface area contributed by atoms with Gasteiger partial charge in [0.2, 0.25) is 11.8 Å². The van der Waals surface area contributed by atoms with Crippen LogP contribution in [0.5, 0.6) is 0 Å². The van der Waals surface area contributed by atoms with Gasteiger partial charge < -0.3 is 0 Å². The Morgan fingerprint density at radius 3 is 2.56 bits per heavy atom. The molecular formula is C13H20N2O3. The van der Waals surface area contributed by atoms with Gasteiger partial charge in [-0.1, -0.05) is 26.3 Å². The zero-order chi connectivity index (χ0) is 13.9. The molecule has 1 saturated heterocycles. The van der Waals surface area contributed by atoms with Gasteiger partial charge in [0.15, 0.2) is 0 Å². The minimum Gasteiger partial charge on any atom is -0.277 e. The molecule has 5 nitrogen and oxygen atoms in total. The summed E-state index contributed by atoms with van der Waals surface area (Å²) in [6.07, 6.45) is 3.11. The Hall–Kier alpha value is -1.65. The number of hydrogen-bond acceptors (Lipinski definition) is 3. The van der Waals surface area contributed by atoms with E-state index in [2.05, 4.69) is 11.9 Å². The molecule has 4 amide bonds. The first-order chi connectivity index (χ1) is 8.39. The molecule has 0 aromatic carbocycles. The second kappa shape index (κ2) is 5.33. The van der Waals surface area contributed by atoms with Crippen LogP contribution in [0.3, 0.4) is 0 Å². The highest BCUT2D eigenvalue weighted by molar-refractivity contribution is 6.19. The number of carbonyl (C=O) groups excluding carboxylic acids is 3. The average molecular weight is 252 g/mol. The molecule has 1 heterocycles. The van der Waals surface area contributed by atoms with Gasteiger partial charge in [-0.15, -0.1) is 6.58 Å². The van der Waals surface area contributed by atoms with Gasteiger partial charge in [0.25, 0.3) is 0 Å². The highest BCUT2D eigenvalue weighted by atomic mass is 16.2. The average Bonchev–Trinajstić information content (AvgIpc) is 2.32. The van der Waals surface area contributed by atoms with E-state index in [9.17, 15) is 14.4 Å². The molecule has 100 valence electrons. The minimum atomic E-state index is -1.17. The van der Waals surface area contributed by atoms with Gasteiger partial charge in [0.1, 0.15) is 5.41 Å². The van der Waals surface area contributed by atoms with E-state index in [-0.39, 0.29) is 12.5 Å². The van der Waals surface area contributed by atoms with E-state index in [0.29, 0.717) is 0 Å². The molecule has 0 aromatic rings. The lowest BCUT2D eigenvalue weighted by Crippen LogP contribution is -2.64. The topological polar surface area (TPSA) is 66.5 Å². The summed E-state index contributed by atoms with van der Waals surface area (Å²) in [5.74, 6) is -1.05. The first kappa shape index (κ1) is 14.4. The molecule has 0 radical (unpaired) electrons. The summed E-state index contributed by atoms with van der Waals surface area (Å²) in [4.78, 5) is 37.0. The smallest absolute Gasteiger partial charge is 0.277 e. The van der Waals surface area contributed by atoms with Gasteiger partial charge in [-0.05, 0) is 19.3 Å². The van der Waals surface area contributed by atoms with Crippen molar-refractivity contribution in [3.63, 3.8) is 0 Å². The van der Waals surface area contributed by atoms with Crippen molar-refractivity contribution in [3.05, 3.63) is 12.7 Å². The summed E-state index contributed by atoms with van der Waals surface area (Å²) in [6, 6.07) is -0.661. The Morgan fingerprint density at radius 2 is 2.06 bits per heavy atom. The molecule has 1 aliphatic rings. The largest absolute Gasteiger partial charge is 0.331 e. The number of hydrogen-bond donors (Lipinski definition) is 1. The predicted molar refractivity (Wildman–Crippen MR) is 67.6 cm³/mol. The van der Waals surface area contributed by atoms with Gasteiger partial charge in [-0.2, -0.15) is 0 Å². The first-order valence-electron chi connectivity index (χ1n) is 6.17. The van der Waals surface area contributed by atoms with E-state index < -0.39 is 23.3 Å². The van der Waals surface area contributed by atoms with Crippen molar-refractivity contribution in [2.75, 3.05) is 6.54 Å². The van der Waals surface area contributed by atoms with E-state index in [0.717, 1.165) is 17.7 Å². The maximum atomic E-state index is 12.4. The SMILES string of the molecule is C=CCN1C(=O)NC(=O)C(C)(C(C)CCC)C1=O. The zero-order valence-corrected chi connectivity index (χ0v) is 11.2. The fourth-order valence-electron chi connectivity index (χ4n) is 2.22. The van der Waals surface area contributed by atoms with Gasteiger partial charge in [0.05, 0.1) is 0 Å². The van der Waals surface area contributed by atoms with E-state index >= 15 is 0 Å². The highest BCUT2D eigenvalue weighted by Crippen LogP contribution is 2.35. The first-order valence-corrected chi connectivity index (χ1v) is 6.17. The minimum absolute atomic E-state index is 0.115. The van der Waals surface area contributed by atoms with E-state index in [1.54, 1.807) is 6.92 Å². The Labute approximate surface area is 107 Å². The van der Waals surface area contributed by atoms with Crippen molar-refractivity contribution in [2.45, 2.75) is 33.6 Å². The monoisotopic (exact) mass is 252 g/mol. The number of rotatable bonds is 5. The zero-order valence-electron chi connectivity index (χ0n) is 11.2. The van der Waals surface area contributed by atoms with Crippen LogP contribution in [0.4, 0.5) is 4.79 Å². The Morgan fingerprint density at radius 1 is 1.44 bits per heavy atom. The number of imide groups is 2. The summed E-state index contributed by atoms with van der Waals surface area (Å²) in [5, 5.41) is 2.25. The molecule has 0 saturated carbocycles. The summed E-state index contributed by atoms with van der Waals surface area (Å²) in [7, 11) is 0. The van der Waals surface area contributed by atoms with Crippen LogP contribution in [-0.2, 0) is 9.59 Å². The molecule has 2 unspecified atom stereocenters. The van der Waals surface area contributed by atoms with Crippen LogP contribution in [0, 0.1) is 11.3 Å². The van der Waals surface area contributed by atoms with E-state index in [4.69, 9.17) is 0 Å². The van der Waals surface area contributed by atoms with Crippen LogP contribution in [0.25, 0.3) is 0 Å². The van der Waals surface area contributed by atoms with Crippen LogP contribution < -0.4 is 5.32 Å². The van der Waals surface area contributed by atoms with Crippen molar-refractivity contribution in [1.29, 1.82) is 0 Å². The molecule has 18 heavy (non-hydrogen) atoms. The molecule has 0 aromatic heterocycles. The molecule has 5 heteroatoms.